The molecule has 114 valence electrons. The van der Waals surface area contributed by atoms with Crippen LogP contribution in [0.15, 0.2) is 52.4 Å². The molecule has 2 heterocycles. The maximum absolute atomic E-state index is 6.14. The van der Waals surface area contributed by atoms with Crippen molar-refractivity contribution in [1.29, 1.82) is 0 Å². The molecule has 0 unspecified atom stereocenters. The van der Waals surface area contributed by atoms with Gasteiger partial charge in [0, 0.05) is 16.1 Å². The van der Waals surface area contributed by atoms with Gasteiger partial charge in [0.25, 0.3) is 0 Å². The second kappa shape index (κ2) is 5.44. The molecule has 0 amide bonds. The Balaban J connectivity index is 1.95. The Labute approximate surface area is 144 Å². The Morgan fingerprint density at radius 1 is 1.13 bits per heavy atom. The number of amidine groups is 2. The van der Waals surface area contributed by atoms with Crippen LogP contribution in [0.2, 0.25) is 5.02 Å². The fourth-order valence-corrected chi connectivity index (χ4v) is 3.08. The molecular weight excluding hydrogens is 328 g/mol. The summed E-state index contributed by atoms with van der Waals surface area (Å²) in [4.78, 5) is 11.3. The van der Waals surface area contributed by atoms with E-state index in [1.807, 2.05) is 35.2 Å². The number of nitrogens with zero attached hydrogens (tertiary/aromatic N) is 3. The Morgan fingerprint density at radius 3 is 2.70 bits per heavy atom. The number of hydrogen-bond donors (Lipinski definition) is 1. The Bertz CT molecular complexity index is 871. The second-order valence-electron chi connectivity index (χ2n) is 5.42. The summed E-state index contributed by atoms with van der Waals surface area (Å²) in [5.41, 5.74) is 3.95. The molecule has 0 aromatic heterocycles. The summed E-state index contributed by atoms with van der Waals surface area (Å²) in [7, 11) is 0. The van der Waals surface area contributed by atoms with Crippen LogP contribution in [-0.4, -0.2) is 28.4 Å². The zero-order chi connectivity index (χ0) is 16.0. The van der Waals surface area contributed by atoms with Crippen molar-refractivity contribution in [1.82, 2.24) is 10.2 Å². The maximum Gasteiger partial charge on any atom is 0.182 e. The summed E-state index contributed by atoms with van der Waals surface area (Å²) in [6.07, 6.45) is 0. The average Bonchev–Trinajstić information content (AvgIpc) is 2.55. The highest BCUT2D eigenvalue weighted by molar-refractivity contribution is 7.80. The minimum atomic E-state index is 0.456. The van der Waals surface area contributed by atoms with E-state index in [0.29, 0.717) is 16.8 Å². The Kier molecular flexibility index (Phi) is 3.39. The quantitative estimate of drug-likeness (QED) is 0.806. The molecule has 0 spiro atoms. The van der Waals surface area contributed by atoms with Gasteiger partial charge in [-0.3, -0.25) is 4.90 Å². The van der Waals surface area contributed by atoms with Gasteiger partial charge in [-0.15, -0.1) is 0 Å². The lowest BCUT2D eigenvalue weighted by atomic mass is 10.1. The van der Waals surface area contributed by atoms with Crippen molar-refractivity contribution in [3.05, 3.63) is 64.2 Å². The summed E-state index contributed by atoms with van der Waals surface area (Å²) in [6.45, 7) is 2.52. The van der Waals surface area contributed by atoms with Crippen LogP contribution >= 0.6 is 23.8 Å². The van der Waals surface area contributed by atoms with Crippen molar-refractivity contribution in [3.8, 4) is 0 Å². The topological polar surface area (TPSA) is 40.0 Å². The largest absolute Gasteiger partial charge is 0.343 e. The Morgan fingerprint density at radius 2 is 1.91 bits per heavy atom. The molecule has 0 bridgehead atoms. The van der Waals surface area contributed by atoms with E-state index < -0.39 is 0 Å². The molecule has 0 aliphatic carbocycles. The van der Waals surface area contributed by atoms with Crippen LogP contribution in [0.3, 0.4) is 0 Å². The van der Waals surface area contributed by atoms with Gasteiger partial charge in [-0.2, -0.15) is 0 Å². The maximum atomic E-state index is 6.14. The SMILES string of the molecule is Cc1ccc(C2=Nc3ccc(Cl)cc3C3=NCNC(=S)N23)cc1. The van der Waals surface area contributed by atoms with Crippen LogP contribution in [-0.2, 0) is 0 Å². The van der Waals surface area contributed by atoms with Gasteiger partial charge >= 0.3 is 0 Å². The molecule has 0 radical (unpaired) electrons. The van der Waals surface area contributed by atoms with E-state index in [1.165, 1.54) is 5.56 Å². The van der Waals surface area contributed by atoms with Crippen molar-refractivity contribution < 1.29 is 0 Å². The molecule has 6 heteroatoms. The molecule has 23 heavy (non-hydrogen) atoms. The molecule has 0 saturated carbocycles. The zero-order valence-electron chi connectivity index (χ0n) is 12.4. The highest BCUT2D eigenvalue weighted by Crippen LogP contribution is 2.31. The van der Waals surface area contributed by atoms with Gasteiger partial charge in [0.1, 0.15) is 18.3 Å². The standard InChI is InChI=1S/C17H13ClN4S/c1-10-2-4-11(5-3-10)15-21-14-7-6-12(18)8-13(14)16-19-9-20-17(23)22(15)16/h2-8H,9H2,1H3,(H,20,23). The van der Waals surface area contributed by atoms with Crippen molar-refractivity contribution in [2.45, 2.75) is 6.92 Å². The lowest BCUT2D eigenvalue weighted by molar-refractivity contribution is 0.754. The fraction of sp³-hybridized carbons (Fsp3) is 0.118. The minimum Gasteiger partial charge on any atom is -0.343 e. The van der Waals surface area contributed by atoms with Gasteiger partial charge in [0.05, 0.1) is 5.69 Å². The van der Waals surface area contributed by atoms with E-state index >= 15 is 0 Å². The molecule has 4 nitrogen and oxygen atoms in total. The van der Waals surface area contributed by atoms with E-state index in [2.05, 4.69) is 29.4 Å². The molecule has 1 N–H and O–H groups in total. The molecule has 2 aliphatic heterocycles. The Hall–Kier alpha value is -2.24. The smallest absolute Gasteiger partial charge is 0.182 e. The van der Waals surface area contributed by atoms with E-state index in [0.717, 1.165) is 28.5 Å². The predicted molar refractivity (Wildman–Crippen MR) is 97.8 cm³/mol. The molecule has 2 aromatic carbocycles. The predicted octanol–water partition coefficient (Wildman–Crippen LogP) is 3.63. The molecule has 0 fully saturated rings. The highest BCUT2D eigenvalue weighted by Gasteiger charge is 2.32. The van der Waals surface area contributed by atoms with E-state index in [9.17, 15) is 0 Å². The van der Waals surface area contributed by atoms with Crippen LogP contribution in [0.5, 0.6) is 0 Å². The third-order valence-electron chi connectivity index (χ3n) is 3.82. The van der Waals surface area contributed by atoms with Crippen LogP contribution in [0.1, 0.15) is 16.7 Å². The number of fused-ring (bicyclic) bond motifs is 3. The molecule has 2 aromatic rings. The molecule has 4 rings (SSSR count). The first kappa shape index (κ1) is 14.4. The summed E-state index contributed by atoms with van der Waals surface area (Å²) in [5.74, 6) is 1.56. The van der Waals surface area contributed by atoms with Crippen molar-refractivity contribution >= 4 is 46.3 Å². The van der Waals surface area contributed by atoms with Gasteiger partial charge in [-0.25, -0.2) is 9.98 Å². The summed E-state index contributed by atoms with van der Waals surface area (Å²) < 4.78 is 0. The first-order chi connectivity index (χ1) is 11.1. The van der Waals surface area contributed by atoms with Gasteiger partial charge in [-0.05, 0) is 37.3 Å². The summed E-state index contributed by atoms with van der Waals surface area (Å²) >= 11 is 11.6. The van der Waals surface area contributed by atoms with Crippen LogP contribution in [0, 0.1) is 6.92 Å². The number of nitrogens with one attached hydrogen (secondary N) is 1. The lowest BCUT2D eigenvalue weighted by Gasteiger charge is -2.34. The summed E-state index contributed by atoms with van der Waals surface area (Å²) in [5, 5.41) is 4.35. The van der Waals surface area contributed by atoms with Gasteiger partial charge in [0.2, 0.25) is 0 Å². The first-order valence-corrected chi connectivity index (χ1v) is 8.00. The number of benzene rings is 2. The molecular formula is C17H13ClN4S. The lowest BCUT2D eigenvalue weighted by Crippen LogP contribution is -2.52. The van der Waals surface area contributed by atoms with E-state index in [1.54, 1.807) is 0 Å². The number of halogens is 1. The van der Waals surface area contributed by atoms with Gasteiger partial charge in [0.15, 0.2) is 5.11 Å². The third kappa shape index (κ3) is 2.42. The molecule has 2 aliphatic rings. The number of thiocarbonyl (C=S) groups is 1. The number of hydrogen-bond acceptors (Lipinski definition) is 3. The van der Waals surface area contributed by atoms with Gasteiger partial charge < -0.3 is 5.32 Å². The van der Waals surface area contributed by atoms with Crippen molar-refractivity contribution in [2.24, 2.45) is 9.98 Å². The third-order valence-corrected chi connectivity index (χ3v) is 4.38. The van der Waals surface area contributed by atoms with E-state index in [4.69, 9.17) is 28.8 Å². The zero-order valence-corrected chi connectivity index (χ0v) is 13.9. The average molecular weight is 341 g/mol. The molecule has 0 atom stereocenters. The minimum absolute atomic E-state index is 0.456. The van der Waals surface area contributed by atoms with E-state index in [-0.39, 0.29) is 0 Å². The molecule has 0 saturated heterocycles. The van der Waals surface area contributed by atoms with Crippen molar-refractivity contribution in [3.63, 3.8) is 0 Å². The number of aliphatic imine (C=N–C) groups is 2. The second-order valence-corrected chi connectivity index (χ2v) is 6.24. The fourth-order valence-electron chi connectivity index (χ4n) is 2.68. The monoisotopic (exact) mass is 340 g/mol. The van der Waals surface area contributed by atoms with Crippen LogP contribution in [0.4, 0.5) is 5.69 Å². The van der Waals surface area contributed by atoms with Crippen molar-refractivity contribution in [2.75, 3.05) is 6.67 Å². The number of aryl methyl sites for hydroxylation is 1. The van der Waals surface area contributed by atoms with Gasteiger partial charge in [-0.1, -0.05) is 41.4 Å². The highest BCUT2D eigenvalue weighted by atomic mass is 35.5. The first-order valence-electron chi connectivity index (χ1n) is 7.21. The summed E-state index contributed by atoms with van der Waals surface area (Å²) in [6, 6.07) is 13.8. The van der Waals surface area contributed by atoms with Crippen LogP contribution < -0.4 is 5.32 Å². The normalized spacial score (nSPS) is 16.1. The number of rotatable bonds is 1. The van der Waals surface area contributed by atoms with Crippen LogP contribution in [0.25, 0.3) is 0 Å².